The minimum Gasteiger partial charge on any atom is -0.333 e. The molecule has 0 aliphatic heterocycles. The van der Waals surface area contributed by atoms with Gasteiger partial charge in [-0.2, -0.15) is 0 Å². The molecule has 0 saturated heterocycles. The van der Waals surface area contributed by atoms with Gasteiger partial charge in [0.05, 0.1) is 6.33 Å². The second-order valence-electron chi connectivity index (χ2n) is 6.07. The zero-order chi connectivity index (χ0) is 13.4. The highest BCUT2D eigenvalue weighted by molar-refractivity contribution is 5.34. The minimum atomic E-state index is 0.542. The molecule has 2 aliphatic rings. The van der Waals surface area contributed by atoms with Gasteiger partial charge >= 0.3 is 0 Å². The molecular formula is C17H21N3. The maximum atomic E-state index is 4.20. The number of nitrogens with one attached hydrogen (secondary N) is 1. The average molecular weight is 267 g/mol. The zero-order valence-corrected chi connectivity index (χ0v) is 11.7. The molecule has 1 aromatic heterocycles. The van der Waals surface area contributed by atoms with E-state index >= 15 is 0 Å². The first-order valence-electron chi connectivity index (χ1n) is 7.73. The lowest BCUT2D eigenvalue weighted by Gasteiger charge is -2.26. The first-order chi connectivity index (χ1) is 9.92. The second-order valence-corrected chi connectivity index (χ2v) is 6.07. The number of aromatic nitrogens is 2. The number of benzene rings is 1. The van der Waals surface area contributed by atoms with Gasteiger partial charge in [0.15, 0.2) is 0 Å². The summed E-state index contributed by atoms with van der Waals surface area (Å²) in [5, 5.41) is 3.92. The molecule has 3 atom stereocenters. The van der Waals surface area contributed by atoms with E-state index in [0.717, 1.165) is 0 Å². The summed E-state index contributed by atoms with van der Waals surface area (Å²) in [7, 11) is 0. The molecule has 1 heterocycles. The number of fused-ring (bicyclic) bond motifs is 1. The Hall–Kier alpha value is -1.61. The van der Waals surface area contributed by atoms with Gasteiger partial charge in [0.25, 0.3) is 0 Å². The van der Waals surface area contributed by atoms with Crippen LogP contribution in [0.5, 0.6) is 0 Å². The average Bonchev–Trinajstić information content (AvgIpc) is 3.19. The highest BCUT2D eigenvalue weighted by Gasteiger charge is 2.32. The molecule has 104 valence electrons. The summed E-state index contributed by atoms with van der Waals surface area (Å²) in [6.07, 6.45) is 12.3. The van der Waals surface area contributed by atoms with Crippen molar-refractivity contribution in [3.63, 3.8) is 0 Å². The van der Waals surface area contributed by atoms with Crippen molar-refractivity contribution in [2.45, 2.75) is 50.2 Å². The monoisotopic (exact) mass is 267 g/mol. The summed E-state index contributed by atoms with van der Waals surface area (Å²) < 4.78 is 2.28. The van der Waals surface area contributed by atoms with Crippen LogP contribution in [0.25, 0.3) is 0 Å². The SMILES string of the molecule is c1ccc2c(c1)CCC2NC1CCCC1n1ccnc1. The largest absolute Gasteiger partial charge is 0.333 e. The molecule has 0 bridgehead atoms. The van der Waals surface area contributed by atoms with Crippen LogP contribution in [0.2, 0.25) is 0 Å². The van der Waals surface area contributed by atoms with Gasteiger partial charge in [-0.25, -0.2) is 4.98 Å². The van der Waals surface area contributed by atoms with Crippen molar-refractivity contribution in [3.8, 4) is 0 Å². The van der Waals surface area contributed by atoms with Gasteiger partial charge < -0.3 is 9.88 Å². The molecule has 20 heavy (non-hydrogen) atoms. The van der Waals surface area contributed by atoms with Crippen molar-refractivity contribution in [1.29, 1.82) is 0 Å². The lowest BCUT2D eigenvalue weighted by atomic mass is 10.1. The van der Waals surface area contributed by atoms with Gasteiger partial charge in [0.1, 0.15) is 0 Å². The van der Waals surface area contributed by atoms with Crippen LogP contribution >= 0.6 is 0 Å². The predicted molar refractivity (Wildman–Crippen MR) is 79.5 cm³/mol. The minimum absolute atomic E-state index is 0.542. The van der Waals surface area contributed by atoms with E-state index in [1.54, 1.807) is 0 Å². The van der Waals surface area contributed by atoms with E-state index < -0.39 is 0 Å². The summed E-state index contributed by atoms with van der Waals surface area (Å²) in [6, 6.07) is 10.6. The Morgan fingerprint density at radius 3 is 3.00 bits per heavy atom. The van der Waals surface area contributed by atoms with Gasteiger partial charge in [0, 0.05) is 30.5 Å². The van der Waals surface area contributed by atoms with E-state index in [-0.39, 0.29) is 0 Å². The van der Waals surface area contributed by atoms with Crippen molar-refractivity contribution >= 4 is 0 Å². The topological polar surface area (TPSA) is 29.9 Å². The highest BCUT2D eigenvalue weighted by Crippen LogP contribution is 2.36. The lowest BCUT2D eigenvalue weighted by molar-refractivity contribution is 0.352. The number of nitrogens with zero attached hydrogens (tertiary/aromatic N) is 2. The molecule has 1 aromatic carbocycles. The Bertz CT molecular complexity index is 576. The molecule has 1 saturated carbocycles. The predicted octanol–water partition coefficient (Wildman–Crippen LogP) is 3.25. The van der Waals surface area contributed by atoms with Crippen LogP contribution in [0.3, 0.4) is 0 Å². The Labute approximate surface area is 120 Å². The van der Waals surface area contributed by atoms with Crippen LogP contribution in [-0.4, -0.2) is 15.6 Å². The maximum Gasteiger partial charge on any atom is 0.0949 e. The molecule has 3 unspecified atom stereocenters. The Morgan fingerprint density at radius 1 is 1.15 bits per heavy atom. The molecule has 3 heteroatoms. The standard InChI is InChI=1S/C17H21N3/c1-2-5-14-13(4-1)8-9-15(14)19-16-6-3-7-17(16)20-11-10-18-12-20/h1-2,4-5,10-12,15-17,19H,3,6-9H2. The molecular weight excluding hydrogens is 246 g/mol. The molecule has 4 rings (SSSR count). The Kier molecular flexibility index (Phi) is 3.07. The fraction of sp³-hybridized carbons (Fsp3) is 0.471. The molecule has 0 amide bonds. The molecule has 1 fully saturated rings. The Morgan fingerprint density at radius 2 is 2.10 bits per heavy atom. The number of hydrogen-bond acceptors (Lipinski definition) is 2. The Balaban J connectivity index is 1.52. The van der Waals surface area contributed by atoms with Crippen LogP contribution in [0.4, 0.5) is 0 Å². The normalized spacial score (nSPS) is 28.7. The van der Waals surface area contributed by atoms with Gasteiger partial charge in [-0.15, -0.1) is 0 Å². The van der Waals surface area contributed by atoms with Crippen LogP contribution in [0, 0.1) is 0 Å². The number of hydrogen-bond donors (Lipinski definition) is 1. The number of aryl methyl sites for hydroxylation is 1. The molecule has 2 aliphatic carbocycles. The zero-order valence-electron chi connectivity index (χ0n) is 11.7. The van der Waals surface area contributed by atoms with Gasteiger partial charge in [-0.05, 0) is 43.2 Å². The van der Waals surface area contributed by atoms with Crippen molar-refractivity contribution < 1.29 is 0 Å². The second kappa shape index (κ2) is 5.06. The van der Waals surface area contributed by atoms with E-state index in [9.17, 15) is 0 Å². The molecule has 0 radical (unpaired) electrons. The van der Waals surface area contributed by atoms with Crippen molar-refractivity contribution in [2.24, 2.45) is 0 Å². The van der Waals surface area contributed by atoms with Gasteiger partial charge in [-0.3, -0.25) is 0 Å². The van der Waals surface area contributed by atoms with Crippen molar-refractivity contribution in [2.75, 3.05) is 0 Å². The summed E-state index contributed by atoms with van der Waals surface area (Å²) in [6.45, 7) is 0. The van der Waals surface area contributed by atoms with Gasteiger partial charge in [-0.1, -0.05) is 24.3 Å². The molecule has 1 N–H and O–H groups in total. The first-order valence-corrected chi connectivity index (χ1v) is 7.73. The van der Waals surface area contributed by atoms with Crippen LogP contribution in [-0.2, 0) is 6.42 Å². The fourth-order valence-electron chi connectivity index (χ4n) is 3.95. The number of rotatable bonds is 3. The first kappa shape index (κ1) is 12.2. The molecule has 3 nitrogen and oxygen atoms in total. The quantitative estimate of drug-likeness (QED) is 0.925. The third kappa shape index (κ3) is 2.06. The van der Waals surface area contributed by atoms with Crippen LogP contribution in [0.1, 0.15) is 48.9 Å². The smallest absolute Gasteiger partial charge is 0.0949 e. The molecule has 0 spiro atoms. The number of imidazole rings is 1. The summed E-state index contributed by atoms with van der Waals surface area (Å²) in [4.78, 5) is 4.20. The third-order valence-electron chi connectivity index (χ3n) is 4.94. The van der Waals surface area contributed by atoms with Crippen LogP contribution in [0.15, 0.2) is 43.0 Å². The van der Waals surface area contributed by atoms with Crippen LogP contribution < -0.4 is 5.32 Å². The lowest BCUT2D eigenvalue weighted by Crippen LogP contribution is -2.35. The molecule has 2 aromatic rings. The summed E-state index contributed by atoms with van der Waals surface area (Å²) in [5.74, 6) is 0. The van der Waals surface area contributed by atoms with E-state index in [1.165, 1.54) is 43.2 Å². The van der Waals surface area contributed by atoms with E-state index in [2.05, 4.69) is 45.3 Å². The highest BCUT2D eigenvalue weighted by atomic mass is 15.1. The fourth-order valence-corrected chi connectivity index (χ4v) is 3.95. The summed E-state index contributed by atoms with van der Waals surface area (Å²) >= 11 is 0. The van der Waals surface area contributed by atoms with Crippen molar-refractivity contribution in [3.05, 3.63) is 54.1 Å². The van der Waals surface area contributed by atoms with E-state index in [1.807, 2.05) is 12.5 Å². The maximum absolute atomic E-state index is 4.20. The van der Waals surface area contributed by atoms with Gasteiger partial charge in [0.2, 0.25) is 0 Å². The summed E-state index contributed by atoms with van der Waals surface area (Å²) in [5.41, 5.74) is 3.05. The van der Waals surface area contributed by atoms with E-state index in [0.29, 0.717) is 18.1 Å². The third-order valence-corrected chi connectivity index (χ3v) is 4.94. The van der Waals surface area contributed by atoms with Crippen molar-refractivity contribution in [1.82, 2.24) is 14.9 Å². The van der Waals surface area contributed by atoms with E-state index in [4.69, 9.17) is 0 Å².